The average molecular weight is 511 g/mol. The molecule has 3 heterocycles. The van der Waals surface area contributed by atoms with E-state index in [1.807, 2.05) is 39.0 Å². The number of carbonyl (C=O) groups excluding carboxylic acids is 1. The summed E-state index contributed by atoms with van der Waals surface area (Å²) in [6.45, 7) is 6.88. The molecule has 0 spiro atoms. The van der Waals surface area contributed by atoms with Crippen LogP contribution in [0.3, 0.4) is 0 Å². The molecule has 1 amide bonds. The third-order valence-electron chi connectivity index (χ3n) is 6.38. The molecule has 0 atom stereocenters. The lowest BCUT2D eigenvalue weighted by molar-refractivity contribution is 0.0992. The minimum atomic E-state index is -0.223. The molecule has 1 fully saturated rings. The number of hydrogen-bond donors (Lipinski definition) is 2. The van der Waals surface area contributed by atoms with E-state index in [2.05, 4.69) is 31.6 Å². The third-order valence-corrected chi connectivity index (χ3v) is 6.38. The van der Waals surface area contributed by atoms with Gasteiger partial charge in [-0.3, -0.25) is 14.8 Å². The summed E-state index contributed by atoms with van der Waals surface area (Å²) in [5.41, 5.74) is 4.31. The average Bonchev–Trinajstić information content (AvgIpc) is 3.52. The predicted octanol–water partition coefficient (Wildman–Crippen LogP) is 5.44. The Balaban J connectivity index is 0.000000494. The Bertz CT molecular complexity index is 1390. The number of allylic oxidation sites excluding steroid dienone is 1. The lowest BCUT2D eigenvalue weighted by Gasteiger charge is -2.15. The van der Waals surface area contributed by atoms with E-state index < -0.39 is 0 Å². The highest BCUT2D eigenvalue weighted by Crippen LogP contribution is 2.37. The first-order valence-corrected chi connectivity index (χ1v) is 12.7. The second kappa shape index (κ2) is 12.0. The maximum Gasteiger partial charge on any atom is 0.277 e. The van der Waals surface area contributed by atoms with Gasteiger partial charge in [-0.05, 0) is 68.0 Å². The zero-order chi connectivity index (χ0) is 27.1. The molecule has 0 unspecified atom stereocenters. The number of nitrogens with zero attached hydrogens (tertiary/aromatic N) is 6. The van der Waals surface area contributed by atoms with Crippen molar-refractivity contribution in [2.24, 2.45) is 5.92 Å². The predicted molar refractivity (Wildman–Crippen MR) is 144 cm³/mol. The van der Waals surface area contributed by atoms with Gasteiger partial charge >= 0.3 is 0 Å². The maximum absolute atomic E-state index is 13.1. The van der Waals surface area contributed by atoms with Crippen LogP contribution >= 0.6 is 0 Å². The second-order valence-electron chi connectivity index (χ2n) is 9.26. The van der Waals surface area contributed by atoms with E-state index in [0.717, 1.165) is 36.0 Å². The Morgan fingerprint density at radius 1 is 1.24 bits per heavy atom. The molecule has 1 aliphatic carbocycles. The summed E-state index contributed by atoms with van der Waals surface area (Å²) in [7, 11) is 0. The highest BCUT2D eigenvalue weighted by Gasteiger charge is 2.35. The number of ether oxygens (including phenoxy) is 1. The fraction of sp³-hybridized carbons (Fsp3) is 0.357. The fourth-order valence-corrected chi connectivity index (χ4v) is 4.15. The van der Waals surface area contributed by atoms with Crippen molar-refractivity contribution in [3.63, 3.8) is 0 Å². The lowest BCUT2D eigenvalue weighted by atomic mass is 9.87. The number of carbonyl (C=O) groups is 1. The van der Waals surface area contributed by atoms with E-state index in [0.29, 0.717) is 47.0 Å². The maximum atomic E-state index is 13.1. The van der Waals surface area contributed by atoms with Gasteiger partial charge in [-0.15, -0.1) is 0 Å². The molecule has 1 aromatic carbocycles. The van der Waals surface area contributed by atoms with E-state index in [1.165, 1.54) is 12.5 Å². The van der Waals surface area contributed by atoms with E-state index in [9.17, 15) is 4.79 Å². The summed E-state index contributed by atoms with van der Waals surface area (Å²) in [5, 5.41) is 26.7. The number of benzene rings is 1. The molecule has 5 rings (SSSR count). The minimum absolute atomic E-state index is 0.223. The van der Waals surface area contributed by atoms with Gasteiger partial charge in [0.25, 0.3) is 5.91 Å². The van der Waals surface area contributed by atoms with Gasteiger partial charge < -0.3 is 10.1 Å². The van der Waals surface area contributed by atoms with Crippen molar-refractivity contribution in [3.05, 3.63) is 58.6 Å². The molecule has 2 N–H and O–H groups in total. The molecule has 3 aromatic rings. The van der Waals surface area contributed by atoms with Crippen LogP contribution in [0, 0.1) is 42.4 Å². The topological polar surface area (TPSA) is 144 Å². The Morgan fingerprint density at radius 2 is 2.00 bits per heavy atom. The standard InChI is InChI=1S/C23H23N7O2.C5H7N/c1-4-8-25-23-28-19-18(13-30(22(19)31)17-11-26-27-12-17)21(29-23)32-20-14(2)9-16(6-5-7-24)10-15(20)3;6-4-5-2-1-3-5/h5-6,9-12H,4,8,13H2,1-3H3,(H,26,27)(H,25,28,29);5H,1-3H2/b6-5+;. The molecule has 1 aliphatic heterocycles. The molecule has 2 aliphatic rings. The number of H-pyrrole nitrogens is 1. The van der Waals surface area contributed by atoms with E-state index in [1.54, 1.807) is 23.4 Å². The number of rotatable bonds is 7. The van der Waals surface area contributed by atoms with E-state index in [4.69, 9.17) is 15.3 Å². The molecule has 2 aromatic heterocycles. The number of aromatic amines is 1. The number of anilines is 2. The smallest absolute Gasteiger partial charge is 0.277 e. The van der Waals surface area contributed by atoms with Crippen LogP contribution < -0.4 is 15.0 Å². The molecule has 10 heteroatoms. The van der Waals surface area contributed by atoms with Crippen LogP contribution in [-0.2, 0) is 6.54 Å². The van der Waals surface area contributed by atoms with Crippen molar-refractivity contribution in [1.82, 2.24) is 20.2 Å². The van der Waals surface area contributed by atoms with E-state index in [-0.39, 0.29) is 12.5 Å². The molecule has 194 valence electrons. The van der Waals surface area contributed by atoms with Crippen molar-refractivity contribution < 1.29 is 9.53 Å². The van der Waals surface area contributed by atoms with Crippen molar-refractivity contribution >= 4 is 23.6 Å². The van der Waals surface area contributed by atoms with Gasteiger partial charge in [-0.1, -0.05) is 13.3 Å². The van der Waals surface area contributed by atoms with Crippen LogP contribution in [0.2, 0.25) is 0 Å². The van der Waals surface area contributed by atoms with E-state index >= 15 is 0 Å². The first kappa shape index (κ1) is 26.4. The van der Waals surface area contributed by atoms with Crippen molar-refractivity contribution in [2.75, 3.05) is 16.8 Å². The van der Waals surface area contributed by atoms with Crippen LogP contribution in [0.4, 0.5) is 11.6 Å². The fourth-order valence-electron chi connectivity index (χ4n) is 4.15. The van der Waals surface area contributed by atoms with Gasteiger partial charge in [0.1, 0.15) is 11.4 Å². The molecule has 0 radical (unpaired) electrons. The van der Waals surface area contributed by atoms with Gasteiger partial charge in [0.15, 0.2) is 0 Å². The van der Waals surface area contributed by atoms with Crippen molar-refractivity contribution in [1.29, 1.82) is 10.5 Å². The second-order valence-corrected chi connectivity index (χ2v) is 9.26. The molecule has 10 nitrogen and oxygen atoms in total. The number of amides is 1. The van der Waals surface area contributed by atoms with Gasteiger partial charge in [0, 0.05) is 24.7 Å². The Hall–Kier alpha value is -4.70. The number of fused-ring (bicyclic) bond motifs is 1. The normalized spacial score (nSPS) is 14.2. The molecule has 38 heavy (non-hydrogen) atoms. The first-order chi connectivity index (χ1) is 18.4. The van der Waals surface area contributed by atoms with Crippen LogP contribution in [0.15, 0.2) is 30.6 Å². The molecule has 0 saturated heterocycles. The number of nitrogens with one attached hydrogen (secondary N) is 2. The summed E-state index contributed by atoms with van der Waals surface area (Å²) >= 11 is 0. The molecule has 1 saturated carbocycles. The number of nitriles is 2. The van der Waals surface area contributed by atoms with Gasteiger partial charge in [-0.2, -0.15) is 20.6 Å². The third kappa shape index (κ3) is 5.81. The summed E-state index contributed by atoms with van der Waals surface area (Å²) in [5.74, 6) is 1.56. The minimum Gasteiger partial charge on any atom is -0.438 e. The molecular formula is C28H30N8O2. The molecule has 0 bridgehead atoms. The summed E-state index contributed by atoms with van der Waals surface area (Å²) in [6, 6.07) is 8.09. The van der Waals surface area contributed by atoms with Crippen LogP contribution in [0.25, 0.3) is 6.08 Å². The SMILES string of the molecule is CCCNc1nc(Oc2c(C)cc(/C=C/C#N)cc2C)c2c(n1)C(=O)N(c1cn[nH]c1)C2.N#CC1CCC1. The molecular weight excluding hydrogens is 480 g/mol. The van der Waals surface area contributed by atoms with Gasteiger partial charge in [0.05, 0.1) is 36.1 Å². The first-order valence-electron chi connectivity index (χ1n) is 12.7. The Kier molecular flexibility index (Phi) is 8.34. The lowest BCUT2D eigenvalue weighted by Crippen LogP contribution is -2.23. The van der Waals surface area contributed by atoms with Crippen molar-refractivity contribution in [2.45, 2.75) is 53.0 Å². The van der Waals surface area contributed by atoms with Crippen LogP contribution in [0.5, 0.6) is 11.6 Å². The Labute approximate surface area is 222 Å². The Morgan fingerprint density at radius 3 is 2.55 bits per heavy atom. The summed E-state index contributed by atoms with van der Waals surface area (Å²) in [6.07, 6.45) is 10.9. The largest absolute Gasteiger partial charge is 0.438 e. The van der Waals surface area contributed by atoms with Crippen LogP contribution in [0.1, 0.15) is 65.3 Å². The van der Waals surface area contributed by atoms with Crippen LogP contribution in [-0.4, -0.2) is 32.6 Å². The number of aryl methyl sites for hydroxylation is 2. The zero-order valence-electron chi connectivity index (χ0n) is 21.8. The highest BCUT2D eigenvalue weighted by atomic mass is 16.5. The van der Waals surface area contributed by atoms with Crippen molar-refractivity contribution in [3.8, 4) is 23.8 Å². The zero-order valence-corrected chi connectivity index (χ0v) is 21.8. The van der Waals surface area contributed by atoms with Gasteiger partial charge in [0.2, 0.25) is 11.8 Å². The summed E-state index contributed by atoms with van der Waals surface area (Å²) in [4.78, 5) is 23.7. The van der Waals surface area contributed by atoms with Gasteiger partial charge in [-0.25, -0.2) is 4.98 Å². The highest BCUT2D eigenvalue weighted by molar-refractivity contribution is 6.09. The quantitative estimate of drug-likeness (QED) is 0.400. The monoisotopic (exact) mass is 510 g/mol. The summed E-state index contributed by atoms with van der Waals surface area (Å²) < 4.78 is 6.29. The number of aromatic nitrogens is 4. The number of hydrogen-bond acceptors (Lipinski definition) is 8.